The molecule has 2 rings (SSSR count). The lowest BCUT2D eigenvalue weighted by molar-refractivity contribution is -0.140. The third kappa shape index (κ3) is 2.21. The van der Waals surface area contributed by atoms with Crippen LogP contribution < -0.4 is 5.32 Å². The van der Waals surface area contributed by atoms with Crippen molar-refractivity contribution in [2.45, 2.75) is 19.9 Å². The van der Waals surface area contributed by atoms with Crippen LogP contribution in [0.25, 0.3) is 0 Å². The monoisotopic (exact) mass is 224 g/mol. The molecule has 2 atom stereocenters. The van der Waals surface area contributed by atoms with E-state index in [1.54, 1.807) is 13.1 Å². The van der Waals surface area contributed by atoms with Crippen LogP contribution in [0.2, 0.25) is 0 Å². The molecule has 0 aromatic carbocycles. The Morgan fingerprint density at radius 2 is 2.38 bits per heavy atom. The van der Waals surface area contributed by atoms with Gasteiger partial charge in [0, 0.05) is 0 Å². The molecule has 1 fully saturated rings. The third-order valence-corrected chi connectivity index (χ3v) is 2.53. The van der Waals surface area contributed by atoms with Crippen molar-refractivity contribution in [3.63, 3.8) is 0 Å². The Kier molecular flexibility index (Phi) is 2.64. The van der Waals surface area contributed by atoms with E-state index in [9.17, 15) is 9.59 Å². The Labute approximate surface area is 91.7 Å². The van der Waals surface area contributed by atoms with E-state index in [0.717, 1.165) is 0 Å². The Bertz CT molecular complexity index is 426. The summed E-state index contributed by atoms with van der Waals surface area (Å²) >= 11 is 0. The van der Waals surface area contributed by atoms with Gasteiger partial charge in [-0.2, -0.15) is 0 Å². The first kappa shape index (κ1) is 10.7. The summed E-state index contributed by atoms with van der Waals surface area (Å²) in [5.41, 5.74) is 0. The Morgan fingerprint density at radius 3 is 2.88 bits per heavy atom. The number of carboxylic acids is 1. The molecule has 6 heteroatoms. The molecule has 1 amide bonds. The van der Waals surface area contributed by atoms with Crippen molar-refractivity contribution < 1.29 is 19.1 Å². The van der Waals surface area contributed by atoms with E-state index in [2.05, 4.69) is 10.3 Å². The second-order valence-electron chi connectivity index (χ2n) is 3.87. The van der Waals surface area contributed by atoms with Crippen LogP contribution >= 0.6 is 0 Å². The number of carboxylic acid groups (broad SMARTS) is 1. The quantitative estimate of drug-likeness (QED) is 0.768. The van der Waals surface area contributed by atoms with Crippen LogP contribution in [0.1, 0.15) is 18.1 Å². The molecular weight excluding hydrogens is 212 g/mol. The predicted molar refractivity (Wildman–Crippen MR) is 52.3 cm³/mol. The topological polar surface area (TPSA) is 92.4 Å². The average molecular weight is 224 g/mol. The van der Waals surface area contributed by atoms with E-state index in [0.29, 0.717) is 18.1 Å². The van der Waals surface area contributed by atoms with Crippen LogP contribution in [0.3, 0.4) is 0 Å². The van der Waals surface area contributed by atoms with Gasteiger partial charge in [-0.05, 0) is 13.3 Å². The first-order chi connectivity index (χ1) is 7.58. The first-order valence-electron chi connectivity index (χ1n) is 4.99. The van der Waals surface area contributed by atoms with Gasteiger partial charge >= 0.3 is 5.97 Å². The molecule has 16 heavy (non-hydrogen) atoms. The number of oxazole rings is 1. The van der Waals surface area contributed by atoms with Gasteiger partial charge in [0.25, 0.3) is 0 Å². The van der Waals surface area contributed by atoms with Crippen LogP contribution in [0.15, 0.2) is 10.6 Å². The zero-order valence-electron chi connectivity index (χ0n) is 8.77. The fourth-order valence-corrected chi connectivity index (χ4v) is 1.53. The van der Waals surface area contributed by atoms with Crippen molar-refractivity contribution in [2.24, 2.45) is 11.8 Å². The first-order valence-corrected chi connectivity index (χ1v) is 4.99. The zero-order valence-corrected chi connectivity index (χ0v) is 8.77. The number of rotatable bonds is 4. The van der Waals surface area contributed by atoms with Crippen LogP contribution in [-0.2, 0) is 16.1 Å². The van der Waals surface area contributed by atoms with Crippen molar-refractivity contribution in [2.75, 3.05) is 0 Å². The summed E-state index contributed by atoms with van der Waals surface area (Å²) in [6.07, 6.45) is 1.99. The second-order valence-corrected chi connectivity index (χ2v) is 3.87. The summed E-state index contributed by atoms with van der Waals surface area (Å²) < 4.78 is 5.17. The van der Waals surface area contributed by atoms with Crippen molar-refractivity contribution in [1.29, 1.82) is 0 Å². The highest BCUT2D eigenvalue weighted by Gasteiger charge is 2.48. The maximum absolute atomic E-state index is 11.5. The van der Waals surface area contributed by atoms with Crippen molar-refractivity contribution in [1.82, 2.24) is 10.3 Å². The number of carbonyl (C=O) groups excluding carboxylic acids is 1. The average Bonchev–Trinajstić information content (AvgIpc) is 2.93. The van der Waals surface area contributed by atoms with Gasteiger partial charge in [0.15, 0.2) is 0 Å². The van der Waals surface area contributed by atoms with E-state index in [-0.39, 0.29) is 12.5 Å². The highest BCUT2D eigenvalue weighted by Crippen LogP contribution is 2.38. The number of amides is 1. The molecule has 1 aromatic rings. The highest BCUT2D eigenvalue weighted by molar-refractivity contribution is 5.89. The third-order valence-electron chi connectivity index (χ3n) is 2.53. The van der Waals surface area contributed by atoms with Gasteiger partial charge in [-0.15, -0.1) is 0 Å². The number of nitrogens with zero attached hydrogens (tertiary/aromatic N) is 1. The number of nitrogens with one attached hydrogen (secondary N) is 1. The highest BCUT2D eigenvalue weighted by atomic mass is 16.4. The zero-order chi connectivity index (χ0) is 11.7. The summed E-state index contributed by atoms with van der Waals surface area (Å²) in [4.78, 5) is 25.9. The van der Waals surface area contributed by atoms with Gasteiger partial charge in [-0.3, -0.25) is 9.59 Å². The van der Waals surface area contributed by atoms with E-state index in [1.165, 1.54) is 0 Å². The summed E-state index contributed by atoms with van der Waals surface area (Å²) in [7, 11) is 0. The molecule has 1 saturated carbocycles. The van der Waals surface area contributed by atoms with E-state index in [4.69, 9.17) is 9.52 Å². The number of hydrogen-bond acceptors (Lipinski definition) is 4. The molecule has 86 valence electrons. The van der Waals surface area contributed by atoms with Crippen LogP contribution in [0.4, 0.5) is 0 Å². The number of aromatic nitrogens is 1. The van der Waals surface area contributed by atoms with Gasteiger partial charge < -0.3 is 14.8 Å². The largest absolute Gasteiger partial charge is 0.481 e. The van der Waals surface area contributed by atoms with Crippen molar-refractivity contribution in [3.8, 4) is 0 Å². The maximum atomic E-state index is 11.5. The van der Waals surface area contributed by atoms with Crippen molar-refractivity contribution in [3.05, 3.63) is 17.8 Å². The standard InChI is InChI=1S/C10H12N2O4/c1-5-3-11-8(16-5)4-12-9(13)6-2-7(6)10(14)15/h3,6-7H,2,4H2,1H3,(H,12,13)(H,14,15). The number of aryl methyl sites for hydroxylation is 1. The molecule has 0 saturated heterocycles. The second kappa shape index (κ2) is 3.96. The minimum absolute atomic E-state index is 0.204. The molecule has 1 aliphatic carbocycles. The van der Waals surface area contributed by atoms with Gasteiger partial charge in [0.1, 0.15) is 5.76 Å². The normalized spacial score (nSPS) is 22.8. The van der Waals surface area contributed by atoms with Crippen LogP contribution in [0, 0.1) is 18.8 Å². The SMILES string of the molecule is Cc1cnc(CNC(=O)C2CC2C(=O)O)o1. The maximum Gasteiger partial charge on any atom is 0.307 e. The molecular formula is C10H12N2O4. The lowest BCUT2D eigenvalue weighted by atomic mass is 10.3. The summed E-state index contributed by atoms with van der Waals surface area (Å²) in [6.45, 7) is 1.97. The number of hydrogen-bond donors (Lipinski definition) is 2. The minimum Gasteiger partial charge on any atom is -0.481 e. The molecule has 1 aromatic heterocycles. The summed E-state index contributed by atoms with van der Waals surface area (Å²) in [5, 5.41) is 11.3. The van der Waals surface area contributed by atoms with E-state index in [1.807, 2.05) is 0 Å². The van der Waals surface area contributed by atoms with E-state index >= 15 is 0 Å². The molecule has 0 spiro atoms. The molecule has 1 aliphatic rings. The number of carbonyl (C=O) groups is 2. The molecule has 2 N–H and O–H groups in total. The Morgan fingerprint density at radius 1 is 1.62 bits per heavy atom. The smallest absolute Gasteiger partial charge is 0.307 e. The molecule has 6 nitrogen and oxygen atoms in total. The Hall–Kier alpha value is -1.85. The van der Waals surface area contributed by atoms with Gasteiger partial charge in [-0.1, -0.05) is 0 Å². The Balaban J connectivity index is 1.79. The van der Waals surface area contributed by atoms with Crippen molar-refractivity contribution >= 4 is 11.9 Å². The van der Waals surface area contributed by atoms with Crippen LogP contribution in [-0.4, -0.2) is 22.0 Å². The lowest BCUT2D eigenvalue weighted by Gasteiger charge is -2.00. The molecule has 0 aliphatic heterocycles. The van der Waals surface area contributed by atoms with Gasteiger partial charge in [-0.25, -0.2) is 4.98 Å². The van der Waals surface area contributed by atoms with Gasteiger partial charge in [0.2, 0.25) is 11.8 Å². The molecule has 1 heterocycles. The number of aliphatic carboxylic acids is 1. The molecule has 0 bridgehead atoms. The molecule has 2 unspecified atom stereocenters. The predicted octanol–water partition coefficient (Wildman–Crippen LogP) is 0.320. The van der Waals surface area contributed by atoms with E-state index < -0.39 is 17.8 Å². The van der Waals surface area contributed by atoms with Crippen LogP contribution in [0.5, 0.6) is 0 Å². The summed E-state index contributed by atoms with van der Waals surface area (Å²) in [6, 6.07) is 0. The van der Waals surface area contributed by atoms with Gasteiger partial charge in [0.05, 0.1) is 24.6 Å². The minimum atomic E-state index is -0.910. The lowest BCUT2D eigenvalue weighted by Crippen LogP contribution is -2.26. The summed E-state index contributed by atoms with van der Waals surface area (Å²) in [5.74, 6) is -0.965. The fraction of sp³-hybridized carbons (Fsp3) is 0.500. The molecule has 0 radical (unpaired) electrons. The fourth-order valence-electron chi connectivity index (χ4n) is 1.53.